The monoisotopic (exact) mass is 345 g/mol. The summed E-state index contributed by atoms with van der Waals surface area (Å²) in [6.45, 7) is 0. The number of anilines is 1. The summed E-state index contributed by atoms with van der Waals surface area (Å²) in [4.78, 5) is 15.1. The van der Waals surface area contributed by atoms with E-state index in [1.807, 2.05) is 67.5 Å². The van der Waals surface area contributed by atoms with E-state index in [-0.39, 0.29) is 5.78 Å². The molecule has 0 spiro atoms. The fraction of sp³-hybridized carbons (Fsp3) is 0.136. The van der Waals surface area contributed by atoms with Gasteiger partial charge in [0, 0.05) is 25.4 Å². The molecule has 0 bridgehead atoms. The molecule has 130 valence electrons. The van der Waals surface area contributed by atoms with E-state index < -0.39 is 6.10 Å². The first-order chi connectivity index (χ1) is 12.6. The van der Waals surface area contributed by atoms with Crippen molar-refractivity contribution in [3.63, 3.8) is 0 Å². The SMILES string of the molecule is CN(C)c1ccc(C2Oc3ccccc3C(=O)/C2=C\c2ccco2)cc1. The summed E-state index contributed by atoms with van der Waals surface area (Å²) in [7, 11) is 3.99. The van der Waals surface area contributed by atoms with Crippen LogP contribution in [0.1, 0.15) is 27.8 Å². The summed E-state index contributed by atoms with van der Waals surface area (Å²) in [5, 5.41) is 0. The molecule has 0 aliphatic carbocycles. The molecule has 1 aromatic heterocycles. The normalized spacial score (nSPS) is 17.7. The van der Waals surface area contributed by atoms with Gasteiger partial charge in [-0.3, -0.25) is 4.79 Å². The predicted octanol–water partition coefficient (Wildman–Crippen LogP) is 4.75. The Bertz CT molecular complexity index is 953. The minimum Gasteiger partial charge on any atom is -0.480 e. The molecule has 4 rings (SSSR count). The molecule has 1 aliphatic heterocycles. The molecular formula is C22H19NO3. The summed E-state index contributed by atoms with van der Waals surface area (Å²) in [5.41, 5.74) is 3.16. The Morgan fingerprint density at radius 2 is 1.73 bits per heavy atom. The van der Waals surface area contributed by atoms with E-state index >= 15 is 0 Å². The van der Waals surface area contributed by atoms with Crippen molar-refractivity contribution in [2.45, 2.75) is 6.10 Å². The van der Waals surface area contributed by atoms with Crippen LogP contribution in [-0.2, 0) is 0 Å². The van der Waals surface area contributed by atoms with Gasteiger partial charge in [-0.1, -0.05) is 24.3 Å². The van der Waals surface area contributed by atoms with Gasteiger partial charge < -0.3 is 14.1 Å². The van der Waals surface area contributed by atoms with Crippen LogP contribution in [0.5, 0.6) is 5.75 Å². The zero-order valence-corrected chi connectivity index (χ0v) is 14.7. The lowest BCUT2D eigenvalue weighted by Gasteiger charge is -2.28. The second kappa shape index (κ2) is 6.56. The fourth-order valence-corrected chi connectivity index (χ4v) is 3.08. The van der Waals surface area contributed by atoms with Gasteiger partial charge in [0.15, 0.2) is 11.9 Å². The summed E-state index contributed by atoms with van der Waals surface area (Å²) in [6, 6.07) is 19.0. The number of hydrogen-bond donors (Lipinski definition) is 0. The topological polar surface area (TPSA) is 42.7 Å². The number of rotatable bonds is 3. The molecule has 4 heteroatoms. The first-order valence-corrected chi connectivity index (χ1v) is 8.46. The summed E-state index contributed by atoms with van der Waals surface area (Å²) >= 11 is 0. The Balaban J connectivity index is 1.81. The molecular weight excluding hydrogens is 326 g/mol. The van der Waals surface area contributed by atoms with Gasteiger partial charge in [0.25, 0.3) is 0 Å². The van der Waals surface area contributed by atoms with Crippen molar-refractivity contribution in [2.75, 3.05) is 19.0 Å². The highest BCUT2D eigenvalue weighted by molar-refractivity contribution is 6.14. The van der Waals surface area contributed by atoms with E-state index in [1.165, 1.54) is 0 Å². The van der Waals surface area contributed by atoms with E-state index in [2.05, 4.69) is 0 Å². The molecule has 3 aromatic rings. The lowest BCUT2D eigenvalue weighted by molar-refractivity contribution is 0.0963. The van der Waals surface area contributed by atoms with Crippen LogP contribution in [0.15, 0.2) is 76.9 Å². The van der Waals surface area contributed by atoms with E-state index in [1.54, 1.807) is 24.5 Å². The van der Waals surface area contributed by atoms with Gasteiger partial charge in [0.2, 0.25) is 0 Å². The van der Waals surface area contributed by atoms with Gasteiger partial charge in [-0.05, 0) is 48.0 Å². The molecule has 0 radical (unpaired) electrons. The smallest absolute Gasteiger partial charge is 0.196 e. The maximum Gasteiger partial charge on any atom is 0.196 e. The molecule has 26 heavy (non-hydrogen) atoms. The molecule has 2 aromatic carbocycles. The summed E-state index contributed by atoms with van der Waals surface area (Å²) in [5.74, 6) is 1.20. The highest BCUT2D eigenvalue weighted by atomic mass is 16.5. The number of ketones is 1. The zero-order chi connectivity index (χ0) is 18.1. The van der Waals surface area contributed by atoms with Crippen LogP contribution in [0.4, 0.5) is 5.69 Å². The molecule has 0 amide bonds. The molecule has 0 saturated heterocycles. The first-order valence-electron chi connectivity index (χ1n) is 8.46. The third-order valence-corrected chi connectivity index (χ3v) is 4.47. The average Bonchev–Trinajstić information content (AvgIpc) is 3.17. The number of fused-ring (bicyclic) bond motifs is 1. The van der Waals surface area contributed by atoms with E-state index in [4.69, 9.17) is 9.15 Å². The van der Waals surface area contributed by atoms with Crippen LogP contribution in [0.25, 0.3) is 6.08 Å². The number of carbonyl (C=O) groups excluding carboxylic acids is 1. The van der Waals surface area contributed by atoms with Crippen molar-refractivity contribution >= 4 is 17.5 Å². The fourth-order valence-electron chi connectivity index (χ4n) is 3.08. The number of ether oxygens (including phenoxy) is 1. The number of Topliss-reactive ketones (excluding diaryl/α,β-unsaturated/α-hetero) is 1. The second-order valence-electron chi connectivity index (χ2n) is 6.42. The average molecular weight is 345 g/mol. The number of nitrogens with zero attached hydrogens (tertiary/aromatic N) is 1. The zero-order valence-electron chi connectivity index (χ0n) is 14.7. The number of para-hydroxylation sites is 1. The lowest BCUT2D eigenvalue weighted by atomic mass is 9.90. The van der Waals surface area contributed by atoms with Crippen LogP contribution in [0.3, 0.4) is 0 Å². The van der Waals surface area contributed by atoms with Gasteiger partial charge >= 0.3 is 0 Å². The van der Waals surface area contributed by atoms with Crippen LogP contribution >= 0.6 is 0 Å². The third kappa shape index (κ3) is 2.90. The lowest BCUT2D eigenvalue weighted by Crippen LogP contribution is -2.23. The van der Waals surface area contributed by atoms with Crippen molar-refractivity contribution < 1.29 is 13.9 Å². The maximum atomic E-state index is 13.1. The number of carbonyl (C=O) groups is 1. The van der Waals surface area contributed by atoms with Crippen LogP contribution in [0.2, 0.25) is 0 Å². The molecule has 1 atom stereocenters. The quantitative estimate of drug-likeness (QED) is 0.643. The predicted molar refractivity (Wildman–Crippen MR) is 102 cm³/mol. The van der Waals surface area contributed by atoms with Gasteiger partial charge in [-0.15, -0.1) is 0 Å². The number of benzene rings is 2. The Kier molecular flexibility index (Phi) is 4.09. The van der Waals surface area contributed by atoms with E-state index in [0.717, 1.165) is 11.3 Å². The first kappa shape index (κ1) is 16.2. The minimum atomic E-state index is -0.473. The Hall–Kier alpha value is -3.27. The van der Waals surface area contributed by atoms with Crippen molar-refractivity contribution in [1.82, 2.24) is 0 Å². The molecule has 2 heterocycles. The maximum absolute atomic E-state index is 13.1. The summed E-state index contributed by atoms with van der Waals surface area (Å²) in [6.07, 6.45) is 2.89. The largest absolute Gasteiger partial charge is 0.480 e. The third-order valence-electron chi connectivity index (χ3n) is 4.47. The standard InChI is InChI=1S/C22H19NO3/c1-23(2)16-11-9-15(10-12-16)22-19(14-17-6-5-13-25-17)21(24)18-7-3-4-8-20(18)26-22/h3-14,22H,1-2H3/b19-14+. The van der Waals surface area contributed by atoms with Gasteiger partial charge in [-0.2, -0.15) is 0 Å². The Morgan fingerprint density at radius 3 is 2.42 bits per heavy atom. The Labute approximate surface area is 152 Å². The van der Waals surface area contributed by atoms with Crippen LogP contribution < -0.4 is 9.64 Å². The Morgan fingerprint density at radius 1 is 0.962 bits per heavy atom. The van der Waals surface area contributed by atoms with Crippen molar-refractivity contribution in [3.05, 3.63) is 89.4 Å². The van der Waals surface area contributed by atoms with Gasteiger partial charge in [-0.25, -0.2) is 0 Å². The molecule has 0 N–H and O–H groups in total. The molecule has 1 unspecified atom stereocenters. The molecule has 1 aliphatic rings. The van der Waals surface area contributed by atoms with Gasteiger partial charge in [0.1, 0.15) is 11.5 Å². The number of furan rings is 1. The second-order valence-corrected chi connectivity index (χ2v) is 6.42. The molecule has 0 saturated carbocycles. The highest BCUT2D eigenvalue weighted by Gasteiger charge is 2.33. The minimum absolute atomic E-state index is 0.0371. The van der Waals surface area contributed by atoms with Crippen molar-refractivity contribution in [2.24, 2.45) is 0 Å². The number of hydrogen-bond acceptors (Lipinski definition) is 4. The highest BCUT2D eigenvalue weighted by Crippen LogP contribution is 2.39. The molecule has 4 nitrogen and oxygen atoms in total. The van der Waals surface area contributed by atoms with Crippen LogP contribution in [-0.4, -0.2) is 19.9 Å². The van der Waals surface area contributed by atoms with Crippen molar-refractivity contribution in [3.8, 4) is 5.75 Å². The molecule has 0 fully saturated rings. The van der Waals surface area contributed by atoms with Crippen molar-refractivity contribution in [1.29, 1.82) is 0 Å². The van der Waals surface area contributed by atoms with Gasteiger partial charge in [0.05, 0.1) is 11.8 Å². The van der Waals surface area contributed by atoms with Crippen LogP contribution in [0, 0.1) is 0 Å². The van der Waals surface area contributed by atoms with E-state index in [0.29, 0.717) is 22.6 Å². The summed E-state index contributed by atoms with van der Waals surface area (Å²) < 4.78 is 11.6. The van der Waals surface area contributed by atoms with E-state index in [9.17, 15) is 4.79 Å².